The average molecular weight is 368 g/mol. The molecule has 6 nitrogen and oxygen atoms in total. The van der Waals surface area contributed by atoms with Crippen molar-refractivity contribution in [2.45, 2.75) is 33.6 Å². The standard InChI is InChI=1S/C21H24N2O4/c1-14-5-4-6-17(12-14)22-20(25)13-27-21(26)10-9-19(24)23-18-8-7-15(2)11-16(18)3/h4-8,11-12H,9-10,13H2,1-3H3,(H,22,25)(H,23,24). The summed E-state index contributed by atoms with van der Waals surface area (Å²) in [4.78, 5) is 35.5. The van der Waals surface area contributed by atoms with Crippen molar-refractivity contribution in [1.29, 1.82) is 0 Å². The zero-order chi connectivity index (χ0) is 19.8. The summed E-state index contributed by atoms with van der Waals surface area (Å²) in [5, 5.41) is 5.42. The molecule has 2 aromatic rings. The SMILES string of the molecule is Cc1cccc(NC(=O)COC(=O)CCC(=O)Nc2ccc(C)cc2C)c1. The minimum absolute atomic E-state index is 0.00828. The second-order valence-corrected chi connectivity index (χ2v) is 6.44. The highest BCUT2D eigenvalue weighted by Gasteiger charge is 2.11. The molecule has 2 N–H and O–H groups in total. The van der Waals surface area contributed by atoms with Crippen LogP contribution in [-0.2, 0) is 19.1 Å². The minimum Gasteiger partial charge on any atom is -0.456 e. The Labute approximate surface area is 158 Å². The zero-order valence-corrected chi connectivity index (χ0v) is 15.8. The van der Waals surface area contributed by atoms with Gasteiger partial charge in [0.2, 0.25) is 5.91 Å². The van der Waals surface area contributed by atoms with Crippen LogP contribution in [-0.4, -0.2) is 24.4 Å². The summed E-state index contributed by atoms with van der Waals surface area (Å²) < 4.78 is 4.92. The van der Waals surface area contributed by atoms with Crippen molar-refractivity contribution in [1.82, 2.24) is 0 Å². The van der Waals surface area contributed by atoms with E-state index in [1.54, 1.807) is 6.07 Å². The molecule has 0 heterocycles. The van der Waals surface area contributed by atoms with Crippen molar-refractivity contribution >= 4 is 29.2 Å². The Hall–Kier alpha value is -3.15. The maximum Gasteiger partial charge on any atom is 0.306 e. The number of aryl methyl sites for hydroxylation is 3. The van der Waals surface area contributed by atoms with Crippen LogP contribution in [0.15, 0.2) is 42.5 Å². The third kappa shape index (κ3) is 6.93. The summed E-state index contributed by atoms with van der Waals surface area (Å²) >= 11 is 0. The van der Waals surface area contributed by atoms with Gasteiger partial charge in [-0.3, -0.25) is 14.4 Å². The molecule has 0 spiro atoms. The number of esters is 1. The normalized spacial score (nSPS) is 10.2. The van der Waals surface area contributed by atoms with Gasteiger partial charge >= 0.3 is 5.97 Å². The van der Waals surface area contributed by atoms with Crippen LogP contribution in [0.3, 0.4) is 0 Å². The third-order valence-corrected chi connectivity index (χ3v) is 3.88. The zero-order valence-electron chi connectivity index (χ0n) is 15.8. The quantitative estimate of drug-likeness (QED) is 0.733. The molecule has 2 amide bonds. The second-order valence-electron chi connectivity index (χ2n) is 6.44. The number of hydrogen-bond donors (Lipinski definition) is 2. The molecule has 27 heavy (non-hydrogen) atoms. The van der Waals surface area contributed by atoms with Gasteiger partial charge in [-0.15, -0.1) is 0 Å². The summed E-state index contributed by atoms with van der Waals surface area (Å²) in [7, 11) is 0. The lowest BCUT2D eigenvalue weighted by molar-refractivity contribution is -0.147. The second kappa shape index (κ2) is 9.52. The van der Waals surface area contributed by atoms with Crippen molar-refractivity contribution in [2.75, 3.05) is 17.2 Å². The van der Waals surface area contributed by atoms with Gasteiger partial charge < -0.3 is 15.4 Å². The first-order valence-electron chi connectivity index (χ1n) is 8.73. The van der Waals surface area contributed by atoms with E-state index in [9.17, 15) is 14.4 Å². The van der Waals surface area contributed by atoms with Crippen molar-refractivity contribution < 1.29 is 19.1 Å². The topological polar surface area (TPSA) is 84.5 Å². The molecule has 2 aromatic carbocycles. The number of benzene rings is 2. The summed E-state index contributed by atoms with van der Waals surface area (Å²) in [5.74, 6) is -1.29. The smallest absolute Gasteiger partial charge is 0.306 e. The molecule has 0 aromatic heterocycles. The number of anilines is 2. The Morgan fingerprint density at radius 3 is 2.30 bits per heavy atom. The van der Waals surface area contributed by atoms with Crippen molar-refractivity contribution in [2.24, 2.45) is 0 Å². The van der Waals surface area contributed by atoms with Crippen LogP contribution in [0.25, 0.3) is 0 Å². The molecule has 0 aliphatic carbocycles. The first kappa shape index (κ1) is 20.2. The monoisotopic (exact) mass is 368 g/mol. The van der Waals surface area contributed by atoms with Crippen LogP contribution in [0.5, 0.6) is 0 Å². The number of nitrogens with one attached hydrogen (secondary N) is 2. The summed E-state index contributed by atoms with van der Waals surface area (Å²) in [6.07, 6.45) is -0.0971. The van der Waals surface area contributed by atoms with Crippen LogP contribution in [0, 0.1) is 20.8 Å². The molecule has 0 saturated carbocycles. The highest BCUT2D eigenvalue weighted by Crippen LogP contribution is 2.16. The van der Waals surface area contributed by atoms with Gasteiger partial charge in [-0.25, -0.2) is 0 Å². The van der Waals surface area contributed by atoms with E-state index in [0.717, 1.165) is 22.4 Å². The van der Waals surface area contributed by atoms with E-state index < -0.39 is 11.9 Å². The molecule has 0 saturated heterocycles. The van der Waals surface area contributed by atoms with Gasteiger partial charge in [0.05, 0.1) is 6.42 Å². The predicted molar refractivity (Wildman–Crippen MR) is 105 cm³/mol. The van der Waals surface area contributed by atoms with Crippen LogP contribution in [0.2, 0.25) is 0 Å². The first-order chi connectivity index (χ1) is 12.8. The maximum absolute atomic E-state index is 12.0. The van der Waals surface area contributed by atoms with Gasteiger partial charge in [0.15, 0.2) is 6.61 Å². The molecule has 0 bridgehead atoms. The Bertz CT molecular complexity index is 846. The predicted octanol–water partition coefficient (Wildman–Crippen LogP) is 3.51. The maximum atomic E-state index is 12.0. The molecule has 0 fully saturated rings. The lowest BCUT2D eigenvalue weighted by atomic mass is 10.1. The van der Waals surface area contributed by atoms with Gasteiger partial charge in [-0.05, 0) is 50.1 Å². The van der Waals surface area contributed by atoms with Gasteiger partial charge in [0, 0.05) is 17.8 Å². The summed E-state index contributed by atoms with van der Waals surface area (Å²) in [6, 6.07) is 13.0. The van der Waals surface area contributed by atoms with Gasteiger partial charge in [-0.1, -0.05) is 29.8 Å². The average Bonchev–Trinajstić information content (AvgIpc) is 2.60. The Morgan fingerprint density at radius 2 is 1.59 bits per heavy atom. The van der Waals surface area contributed by atoms with E-state index >= 15 is 0 Å². The Kier molecular flexibility index (Phi) is 7.11. The molecule has 2 rings (SSSR count). The van der Waals surface area contributed by atoms with Crippen molar-refractivity contribution in [3.05, 3.63) is 59.2 Å². The fourth-order valence-electron chi connectivity index (χ4n) is 2.52. The minimum atomic E-state index is -0.592. The fraction of sp³-hybridized carbons (Fsp3) is 0.286. The highest BCUT2D eigenvalue weighted by atomic mass is 16.5. The van der Waals surface area contributed by atoms with Crippen molar-refractivity contribution in [3.8, 4) is 0 Å². The molecule has 0 aliphatic rings. The van der Waals surface area contributed by atoms with Crippen LogP contribution >= 0.6 is 0 Å². The van der Waals surface area contributed by atoms with Crippen molar-refractivity contribution in [3.63, 3.8) is 0 Å². The van der Waals surface area contributed by atoms with Gasteiger partial charge in [0.25, 0.3) is 5.91 Å². The highest BCUT2D eigenvalue weighted by molar-refractivity contribution is 5.94. The number of carbonyl (C=O) groups excluding carboxylic acids is 3. The molecule has 0 atom stereocenters. The summed E-state index contributed by atoms with van der Waals surface area (Å²) in [5.41, 5.74) is 4.44. The van der Waals surface area contributed by atoms with Crippen LogP contribution in [0.1, 0.15) is 29.5 Å². The fourth-order valence-corrected chi connectivity index (χ4v) is 2.52. The number of ether oxygens (including phenoxy) is 1. The number of rotatable bonds is 7. The molecular weight excluding hydrogens is 344 g/mol. The molecular formula is C21H24N2O4. The number of carbonyl (C=O) groups is 3. The Morgan fingerprint density at radius 1 is 0.852 bits per heavy atom. The largest absolute Gasteiger partial charge is 0.456 e. The van der Waals surface area contributed by atoms with Gasteiger partial charge in [-0.2, -0.15) is 0 Å². The van der Waals surface area contributed by atoms with E-state index in [2.05, 4.69) is 10.6 Å². The van der Waals surface area contributed by atoms with E-state index in [1.807, 2.05) is 57.2 Å². The molecule has 6 heteroatoms. The number of amides is 2. The van der Waals surface area contributed by atoms with E-state index in [0.29, 0.717) is 5.69 Å². The molecule has 0 radical (unpaired) electrons. The van der Waals surface area contributed by atoms with Gasteiger partial charge in [0.1, 0.15) is 0 Å². The Balaban J connectivity index is 1.70. The molecule has 0 unspecified atom stereocenters. The van der Waals surface area contributed by atoms with E-state index in [-0.39, 0.29) is 25.4 Å². The van der Waals surface area contributed by atoms with E-state index in [1.165, 1.54) is 0 Å². The third-order valence-electron chi connectivity index (χ3n) is 3.88. The lowest BCUT2D eigenvalue weighted by Crippen LogP contribution is -2.21. The molecule has 0 aliphatic heterocycles. The lowest BCUT2D eigenvalue weighted by Gasteiger charge is -2.09. The van der Waals surface area contributed by atoms with Crippen LogP contribution in [0.4, 0.5) is 11.4 Å². The van der Waals surface area contributed by atoms with E-state index in [4.69, 9.17) is 4.74 Å². The van der Waals surface area contributed by atoms with Crippen LogP contribution < -0.4 is 10.6 Å². The summed E-state index contributed by atoms with van der Waals surface area (Å²) in [6.45, 7) is 5.41. The first-order valence-corrected chi connectivity index (χ1v) is 8.73. The number of hydrogen-bond acceptors (Lipinski definition) is 4. The molecule has 142 valence electrons.